The smallest absolute Gasteiger partial charge is 0.225 e. The van der Waals surface area contributed by atoms with E-state index in [0.717, 1.165) is 11.1 Å². The molecule has 0 aliphatic carbocycles. The highest BCUT2D eigenvalue weighted by Crippen LogP contribution is 2.17. The van der Waals surface area contributed by atoms with Crippen LogP contribution in [0.1, 0.15) is 23.4 Å². The number of anilines is 2. The largest absolute Gasteiger partial charge is 0.364 e. The van der Waals surface area contributed by atoms with Crippen molar-refractivity contribution in [1.82, 2.24) is 24.8 Å². The molecule has 3 aromatic heterocycles. The standard InChI is InChI=1S/C21H20ClN7O/c1-14-6-7-17(23-12-14)25-21(30)11-10-20-27-26-19-9-8-18(28-29(19)20)24-13-15-4-2-3-5-16(15)22/h2-9,12H,10-11,13H2,1H3,(H,24,28)(H,23,25,30). The number of nitrogens with zero attached hydrogens (tertiary/aromatic N) is 5. The topological polar surface area (TPSA) is 97.1 Å². The summed E-state index contributed by atoms with van der Waals surface area (Å²) in [6, 6.07) is 15.0. The molecular weight excluding hydrogens is 402 g/mol. The third kappa shape index (κ3) is 4.72. The summed E-state index contributed by atoms with van der Waals surface area (Å²) in [6.07, 6.45) is 2.36. The average molecular weight is 422 g/mol. The van der Waals surface area contributed by atoms with E-state index in [1.54, 1.807) is 16.8 Å². The zero-order valence-corrected chi connectivity index (χ0v) is 17.1. The molecule has 0 saturated heterocycles. The molecule has 30 heavy (non-hydrogen) atoms. The quantitative estimate of drug-likeness (QED) is 0.472. The van der Waals surface area contributed by atoms with E-state index >= 15 is 0 Å². The SMILES string of the molecule is Cc1ccc(NC(=O)CCc2nnc3ccc(NCc4ccccc4Cl)nn23)nc1. The molecule has 0 radical (unpaired) electrons. The van der Waals surface area contributed by atoms with E-state index in [-0.39, 0.29) is 12.3 Å². The Labute approximate surface area is 178 Å². The number of pyridine rings is 1. The van der Waals surface area contributed by atoms with Crippen molar-refractivity contribution in [1.29, 1.82) is 0 Å². The Morgan fingerprint density at radius 1 is 1.07 bits per heavy atom. The summed E-state index contributed by atoms with van der Waals surface area (Å²) in [6.45, 7) is 2.49. The van der Waals surface area contributed by atoms with Crippen molar-refractivity contribution < 1.29 is 4.79 Å². The van der Waals surface area contributed by atoms with Gasteiger partial charge in [-0.3, -0.25) is 4.79 Å². The summed E-state index contributed by atoms with van der Waals surface area (Å²) in [5.74, 6) is 1.66. The number of rotatable bonds is 7. The van der Waals surface area contributed by atoms with Crippen molar-refractivity contribution in [3.8, 4) is 0 Å². The fourth-order valence-electron chi connectivity index (χ4n) is 2.88. The van der Waals surface area contributed by atoms with Crippen LogP contribution in [0.25, 0.3) is 5.65 Å². The monoisotopic (exact) mass is 421 g/mol. The number of aromatic nitrogens is 5. The second kappa shape index (κ2) is 8.87. The molecule has 2 N–H and O–H groups in total. The second-order valence-electron chi connectivity index (χ2n) is 6.82. The fourth-order valence-corrected chi connectivity index (χ4v) is 3.09. The van der Waals surface area contributed by atoms with E-state index in [2.05, 4.69) is 30.9 Å². The highest BCUT2D eigenvalue weighted by molar-refractivity contribution is 6.31. The van der Waals surface area contributed by atoms with Crippen LogP contribution < -0.4 is 10.6 Å². The number of amides is 1. The van der Waals surface area contributed by atoms with E-state index in [4.69, 9.17) is 11.6 Å². The minimum Gasteiger partial charge on any atom is -0.364 e. The van der Waals surface area contributed by atoms with E-state index in [0.29, 0.717) is 41.1 Å². The van der Waals surface area contributed by atoms with Crippen molar-refractivity contribution in [3.63, 3.8) is 0 Å². The van der Waals surface area contributed by atoms with Crippen LogP contribution in [-0.4, -0.2) is 30.7 Å². The van der Waals surface area contributed by atoms with Gasteiger partial charge in [-0.05, 0) is 42.3 Å². The van der Waals surface area contributed by atoms with E-state index < -0.39 is 0 Å². The molecule has 0 fully saturated rings. The van der Waals surface area contributed by atoms with Crippen molar-refractivity contribution in [3.05, 3.63) is 76.7 Å². The molecule has 0 atom stereocenters. The summed E-state index contributed by atoms with van der Waals surface area (Å²) in [4.78, 5) is 16.4. The van der Waals surface area contributed by atoms with Gasteiger partial charge < -0.3 is 10.6 Å². The number of benzene rings is 1. The molecule has 0 aliphatic rings. The Morgan fingerprint density at radius 3 is 2.70 bits per heavy atom. The molecule has 8 nitrogen and oxygen atoms in total. The summed E-state index contributed by atoms with van der Waals surface area (Å²) in [7, 11) is 0. The molecule has 4 aromatic rings. The third-order valence-corrected chi connectivity index (χ3v) is 4.87. The zero-order valence-electron chi connectivity index (χ0n) is 16.3. The lowest BCUT2D eigenvalue weighted by Crippen LogP contribution is -2.14. The van der Waals surface area contributed by atoms with Crippen molar-refractivity contribution in [2.45, 2.75) is 26.3 Å². The average Bonchev–Trinajstić information content (AvgIpc) is 3.16. The van der Waals surface area contributed by atoms with E-state index in [1.165, 1.54) is 0 Å². The maximum Gasteiger partial charge on any atom is 0.225 e. The van der Waals surface area contributed by atoms with Crippen LogP contribution >= 0.6 is 11.6 Å². The van der Waals surface area contributed by atoms with Gasteiger partial charge in [-0.1, -0.05) is 35.9 Å². The van der Waals surface area contributed by atoms with Crippen LogP contribution in [0, 0.1) is 6.92 Å². The molecule has 1 aromatic carbocycles. The Balaban J connectivity index is 1.40. The van der Waals surface area contributed by atoms with Gasteiger partial charge in [0.05, 0.1) is 0 Å². The van der Waals surface area contributed by atoms with Gasteiger partial charge in [0.25, 0.3) is 0 Å². The van der Waals surface area contributed by atoms with Gasteiger partial charge in [0.1, 0.15) is 11.6 Å². The zero-order chi connectivity index (χ0) is 20.9. The highest BCUT2D eigenvalue weighted by Gasteiger charge is 2.11. The lowest BCUT2D eigenvalue weighted by molar-refractivity contribution is -0.116. The van der Waals surface area contributed by atoms with Crippen LogP contribution in [0.3, 0.4) is 0 Å². The summed E-state index contributed by atoms with van der Waals surface area (Å²) < 4.78 is 1.65. The van der Waals surface area contributed by atoms with Gasteiger partial charge in [0.15, 0.2) is 11.5 Å². The first-order valence-corrected chi connectivity index (χ1v) is 9.87. The first-order valence-electron chi connectivity index (χ1n) is 9.49. The van der Waals surface area contributed by atoms with Gasteiger partial charge in [-0.15, -0.1) is 15.3 Å². The summed E-state index contributed by atoms with van der Waals surface area (Å²) in [5.41, 5.74) is 2.63. The number of aryl methyl sites for hydroxylation is 2. The number of halogens is 1. The van der Waals surface area contributed by atoms with Crippen molar-refractivity contribution in [2.24, 2.45) is 0 Å². The van der Waals surface area contributed by atoms with Crippen LogP contribution in [-0.2, 0) is 17.8 Å². The molecule has 0 bridgehead atoms. The molecule has 0 unspecified atom stereocenters. The van der Waals surface area contributed by atoms with Crippen molar-refractivity contribution in [2.75, 3.05) is 10.6 Å². The maximum atomic E-state index is 12.2. The number of hydrogen-bond donors (Lipinski definition) is 2. The predicted molar refractivity (Wildman–Crippen MR) is 115 cm³/mol. The highest BCUT2D eigenvalue weighted by atomic mass is 35.5. The molecule has 9 heteroatoms. The molecule has 3 heterocycles. The first kappa shape index (κ1) is 19.8. The van der Waals surface area contributed by atoms with Gasteiger partial charge in [-0.2, -0.15) is 4.52 Å². The normalized spacial score (nSPS) is 10.9. The summed E-state index contributed by atoms with van der Waals surface area (Å²) >= 11 is 6.20. The minimum atomic E-state index is -0.142. The van der Waals surface area contributed by atoms with Crippen LogP contribution in [0.4, 0.5) is 11.6 Å². The lowest BCUT2D eigenvalue weighted by Gasteiger charge is -2.08. The number of carbonyl (C=O) groups excluding carboxylic acids is 1. The Hall–Kier alpha value is -3.52. The fraction of sp³-hybridized carbons (Fsp3) is 0.190. The number of nitrogens with one attached hydrogen (secondary N) is 2. The van der Waals surface area contributed by atoms with Gasteiger partial charge in [0, 0.05) is 30.6 Å². The first-order chi connectivity index (χ1) is 14.6. The molecule has 1 amide bonds. The summed E-state index contributed by atoms with van der Waals surface area (Å²) in [5, 5.41) is 19.6. The van der Waals surface area contributed by atoms with Gasteiger partial charge in [0.2, 0.25) is 5.91 Å². The minimum absolute atomic E-state index is 0.142. The molecule has 0 spiro atoms. The molecule has 0 aliphatic heterocycles. The number of hydrogen-bond acceptors (Lipinski definition) is 6. The van der Waals surface area contributed by atoms with Gasteiger partial charge in [-0.25, -0.2) is 4.98 Å². The Kier molecular flexibility index (Phi) is 5.85. The Bertz CT molecular complexity index is 1170. The van der Waals surface area contributed by atoms with Crippen LogP contribution in [0.5, 0.6) is 0 Å². The molecule has 152 valence electrons. The van der Waals surface area contributed by atoms with E-state index in [1.807, 2.05) is 49.4 Å². The Morgan fingerprint density at radius 2 is 1.90 bits per heavy atom. The van der Waals surface area contributed by atoms with Crippen LogP contribution in [0.15, 0.2) is 54.7 Å². The predicted octanol–water partition coefficient (Wildman–Crippen LogP) is 3.66. The maximum absolute atomic E-state index is 12.2. The van der Waals surface area contributed by atoms with Gasteiger partial charge >= 0.3 is 0 Å². The van der Waals surface area contributed by atoms with Crippen molar-refractivity contribution >= 4 is 34.8 Å². The number of carbonyl (C=O) groups is 1. The molecule has 4 rings (SSSR count). The molecular formula is C21H20ClN7O. The number of fused-ring (bicyclic) bond motifs is 1. The van der Waals surface area contributed by atoms with Crippen LogP contribution in [0.2, 0.25) is 5.02 Å². The second-order valence-corrected chi connectivity index (χ2v) is 7.23. The third-order valence-electron chi connectivity index (χ3n) is 4.50. The van der Waals surface area contributed by atoms with E-state index in [9.17, 15) is 4.79 Å². The lowest BCUT2D eigenvalue weighted by atomic mass is 10.2. The molecule has 0 saturated carbocycles.